The fourth-order valence-corrected chi connectivity index (χ4v) is 2.11. The molecule has 0 bridgehead atoms. The van der Waals surface area contributed by atoms with Gasteiger partial charge in [0.05, 0.1) is 11.8 Å². The molecule has 8 heteroatoms. The predicted molar refractivity (Wildman–Crippen MR) is 84.5 cm³/mol. The molecular formula is C16H17F3N4O. The minimum Gasteiger partial charge on any atom is -0.351 e. The van der Waals surface area contributed by atoms with Crippen molar-refractivity contribution in [2.75, 3.05) is 6.54 Å². The Bertz CT molecular complexity index is 750. The van der Waals surface area contributed by atoms with Crippen LogP contribution in [0, 0.1) is 0 Å². The van der Waals surface area contributed by atoms with Crippen molar-refractivity contribution in [3.8, 4) is 0 Å². The van der Waals surface area contributed by atoms with Crippen molar-refractivity contribution >= 4 is 17.8 Å². The first-order valence-electron chi connectivity index (χ1n) is 7.35. The number of aryl methyl sites for hydroxylation is 1. The maximum atomic E-state index is 13.0. The summed E-state index contributed by atoms with van der Waals surface area (Å²) in [6, 6.07) is 5.11. The number of nitrogens with zero attached hydrogens (tertiary/aromatic N) is 3. The zero-order valence-corrected chi connectivity index (χ0v) is 13.3. The highest BCUT2D eigenvalue weighted by Gasteiger charge is 2.32. The molecule has 2 rings (SSSR count). The van der Waals surface area contributed by atoms with Crippen LogP contribution in [-0.2, 0) is 13.2 Å². The summed E-state index contributed by atoms with van der Waals surface area (Å²) in [5.41, 5.74) is -0.448. The molecule has 1 amide bonds. The average molecular weight is 338 g/mol. The number of aliphatic imine (C=N–C) groups is 1. The standard InChI is InChI=1S/C16H17F3N4O/c1-3-8-20-15(24)14-13(10-22-23(14)2)21-9-11-6-4-5-7-12(11)16(17,18)19/h4-7,9-10H,3,8H2,1-2H3,(H,20,24). The number of benzene rings is 1. The van der Waals surface area contributed by atoms with Gasteiger partial charge in [0, 0.05) is 25.4 Å². The van der Waals surface area contributed by atoms with E-state index in [-0.39, 0.29) is 22.9 Å². The van der Waals surface area contributed by atoms with Gasteiger partial charge < -0.3 is 5.32 Å². The summed E-state index contributed by atoms with van der Waals surface area (Å²) >= 11 is 0. The van der Waals surface area contributed by atoms with Crippen molar-refractivity contribution in [3.05, 3.63) is 47.3 Å². The third-order valence-electron chi connectivity index (χ3n) is 3.28. The quantitative estimate of drug-likeness (QED) is 0.850. The van der Waals surface area contributed by atoms with Gasteiger partial charge >= 0.3 is 6.18 Å². The normalized spacial score (nSPS) is 11.9. The lowest BCUT2D eigenvalue weighted by Gasteiger charge is -2.09. The molecule has 0 atom stereocenters. The highest BCUT2D eigenvalue weighted by Crippen LogP contribution is 2.31. The van der Waals surface area contributed by atoms with E-state index in [9.17, 15) is 18.0 Å². The Balaban J connectivity index is 2.33. The number of carbonyl (C=O) groups excluding carboxylic acids is 1. The molecule has 0 radical (unpaired) electrons. The van der Waals surface area contributed by atoms with Crippen molar-refractivity contribution in [1.82, 2.24) is 15.1 Å². The molecule has 2 aromatic rings. The fraction of sp³-hybridized carbons (Fsp3) is 0.312. The summed E-state index contributed by atoms with van der Waals surface area (Å²) in [4.78, 5) is 16.1. The number of rotatable bonds is 5. The second kappa shape index (κ2) is 7.29. The van der Waals surface area contributed by atoms with Gasteiger partial charge in [0.1, 0.15) is 5.69 Å². The molecule has 1 heterocycles. The van der Waals surface area contributed by atoms with Gasteiger partial charge in [0.25, 0.3) is 5.91 Å². The van der Waals surface area contributed by atoms with E-state index in [4.69, 9.17) is 0 Å². The number of aromatic nitrogens is 2. The zero-order chi connectivity index (χ0) is 17.7. The van der Waals surface area contributed by atoms with Crippen LogP contribution in [0.25, 0.3) is 0 Å². The third kappa shape index (κ3) is 4.01. The monoisotopic (exact) mass is 338 g/mol. The number of carbonyl (C=O) groups is 1. The van der Waals surface area contributed by atoms with E-state index in [1.165, 1.54) is 29.1 Å². The second-order valence-electron chi connectivity index (χ2n) is 5.10. The van der Waals surface area contributed by atoms with Crippen molar-refractivity contribution in [2.24, 2.45) is 12.0 Å². The molecule has 0 aliphatic heterocycles. The maximum Gasteiger partial charge on any atom is 0.417 e. The van der Waals surface area contributed by atoms with Crippen LogP contribution in [0.5, 0.6) is 0 Å². The highest BCUT2D eigenvalue weighted by atomic mass is 19.4. The third-order valence-corrected chi connectivity index (χ3v) is 3.28. The van der Waals surface area contributed by atoms with E-state index in [1.807, 2.05) is 6.92 Å². The van der Waals surface area contributed by atoms with Crippen LogP contribution in [-0.4, -0.2) is 28.4 Å². The summed E-state index contributed by atoms with van der Waals surface area (Å²) in [6.45, 7) is 2.40. The topological polar surface area (TPSA) is 59.3 Å². The first kappa shape index (κ1) is 17.7. The Morgan fingerprint density at radius 1 is 1.38 bits per heavy atom. The van der Waals surface area contributed by atoms with Crippen molar-refractivity contribution in [2.45, 2.75) is 19.5 Å². The van der Waals surface area contributed by atoms with Crippen LogP contribution in [0.1, 0.15) is 35.0 Å². The van der Waals surface area contributed by atoms with Crippen LogP contribution in [0.2, 0.25) is 0 Å². The molecule has 1 N–H and O–H groups in total. The SMILES string of the molecule is CCCNC(=O)c1c(N=Cc2ccccc2C(F)(F)F)cnn1C. The Morgan fingerprint density at radius 3 is 2.75 bits per heavy atom. The molecule has 0 saturated carbocycles. The molecule has 1 aromatic heterocycles. The number of alkyl halides is 3. The molecule has 5 nitrogen and oxygen atoms in total. The fourth-order valence-electron chi connectivity index (χ4n) is 2.11. The molecule has 1 aromatic carbocycles. The number of nitrogens with one attached hydrogen (secondary N) is 1. The maximum absolute atomic E-state index is 13.0. The largest absolute Gasteiger partial charge is 0.417 e. The highest BCUT2D eigenvalue weighted by molar-refractivity contribution is 5.98. The molecule has 0 saturated heterocycles. The number of amides is 1. The summed E-state index contributed by atoms with van der Waals surface area (Å²) in [6.07, 6.45) is -1.27. The van der Waals surface area contributed by atoms with Gasteiger partial charge in [0.15, 0.2) is 5.69 Å². The Morgan fingerprint density at radius 2 is 2.08 bits per heavy atom. The van der Waals surface area contributed by atoms with E-state index in [1.54, 1.807) is 7.05 Å². The minimum atomic E-state index is -4.47. The lowest BCUT2D eigenvalue weighted by molar-refractivity contribution is -0.137. The van der Waals surface area contributed by atoms with Crippen LogP contribution >= 0.6 is 0 Å². The Hall–Kier alpha value is -2.64. The number of halogens is 3. The van der Waals surface area contributed by atoms with Crippen molar-refractivity contribution in [3.63, 3.8) is 0 Å². The van der Waals surface area contributed by atoms with Gasteiger partial charge in [-0.25, -0.2) is 0 Å². The predicted octanol–water partition coefficient (Wildman–Crippen LogP) is 3.33. The number of hydrogen-bond donors (Lipinski definition) is 1. The molecule has 0 aliphatic carbocycles. The van der Waals surface area contributed by atoms with Crippen LogP contribution in [0.3, 0.4) is 0 Å². The van der Waals surface area contributed by atoms with Gasteiger partial charge in [-0.3, -0.25) is 14.5 Å². The van der Waals surface area contributed by atoms with Crippen LogP contribution < -0.4 is 5.32 Å². The van der Waals surface area contributed by atoms with Crippen molar-refractivity contribution in [1.29, 1.82) is 0 Å². The van der Waals surface area contributed by atoms with E-state index in [0.29, 0.717) is 6.54 Å². The van der Waals surface area contributed by atoms with E-state index >= 15 is 0 Å². The van der Waals surface area contributed by atoms with E-state index in [2.05, 4.69) is 15.4 Å². The molecule has 24 heavy (non-hydrogen) atoms. The smallest absolute Gasteiger partial charge is 0.351 e. The van der Waals surface area contributed by atoms with Gasteiger partial charge in [-0.1, -0.05) is 25.1 Å². The van der Waals surface area contributed by atoms with Gasteiger partial charge in [-0.15, -0.1) is 0 Å². The first-order chi connectivity index (χ1) is 11.3. The van der Waals surface area contributed by atoms with Gasteiger partial charge in [-0.2, -0.15) is 18.3 Å². The second-order valence-corrected chi connectivity index (χ2v) is 5.10. The van der Waals surface area contributed by atoms with E-state index in [0.717, 1.165) is 18.7 Å². The minimum absolute atomic E-state index is 0.0752. The summed E-state index contributed by atoms with van der Waals surface area (Å²) in [5.74, 6) is -0.367. The Kier molecular flexibility index (Phi) is 5.38. The molecule has 0 fully saturated rings. The lowest BCUT2D eigenvalue weighted by Crippen LogP contribution is -2.26. The summed E-state index contributed by atoms with van der Waals surface area (Å²) in [5, 5.41) is 6.65. The summed E-state index contributed by atoms with van der Waals surface area (Å²) in [7, 11) is 1.57. The molecule has 0 aliphatic rings. The van der Waals surface area contributed by atoms with Gasteiger partial charge in [-0.05, 0) is 12.5 Å². The van der Waals surface area contributed by atoms with Crippen molar-refractivity contribution < 1.29 is 18.0 Å². The zero-order valence-electron chi connectivity index (χ0n) is 13.3. The Labute approximate surface area is 137 Å². The number of hydrogen-bond acceptors (Lipinski definition) is 3. The van der Waals surface area contributed by atoms with Crippen LogP contribution in [0.15, 0.2) is 35.5 Å². The van der Waals surface area contributed by atoms with Crippen LogP contribution in [0.4, 0.5) is 18.9 Å². The summed E-state index contributed by atoms with van der Waals surface area (Å²) < 4.78 is 40.3. The molecule has 128 valence electrons. The molecular weight excluding hydrogens is 321 g/mol. The lowest BCUT2D eigenvalue weighted by atomic mass is 10.1. The van der Waals surface area contributed by atoms with Gasteiger partial charge in [0.2, 0.25) is 0 Å². The van der Waals surface area contributed by atoms with E-state index < -0.39 is 11.7 Å². The average Bonchev–Trinajstić information content (AvgIpc) is 2.91. The molecule has 0 spiro atoms. The molecule has 0 unspecified atom stereocenters. The first-order valence-corrected chi connectivity index (χ1v) is 7.35.